The van der Waals surface area contributed by atoms with Crippen molar-refractivity contribution in [3.8, 4) is 0 Å². The van der Waals surface area contributed by atoms with E-state index in [2.05, 4.69) is 5.10 Å². The minimum absolute atomic E-state index is 0.263. The summed E-state index contributed by atoms with van der Waals surface area (Å²) in [6.45, 7) is 1.79. The number of hydrogen-bond donors (Lipinski definition) is 1. The summed E-state index contributed by atoms with van der Waals surface area (Å²) < 4.78 is 14.8. The summed E-state index contributed by atoms with van der Waals surface area (Å²) in [4.78, 5) is 0. The van der Waals surface area contributed by atoms with E-state index >= 15 is 0 Å². The summed E-state index contributed by atoms with van der Waals surface area (Å²) in [5.74, 6) is -0.263. The lowest BCUT2D eigenvalue weighted by Gasteiger charge is -2.23. The van der Waals surface area contributed by atoms with Crippen LogP contribution in [-0.4, -0.2) is 20.5 Å². The first kappa shape index (κ1) is 13.7. The van der Waals surface area contributed by atoms with E-state index in [1.54, 1.807) is 23.9 Å². The maximum Gasteiger partial charge on any atom is 0.123 e. The molecule has 0 aliphatic heterocycles. The van der Waals surface area contributed by atoms with E-state index in [1.165, 1.54) is 12.1 Å². The second-order valence-corrected chi connectivity index (χ2v) is 5.33. The van der Waals surface area contributed by atoms with Crippen LogP contribution in [0, 0.1) is 5.82 Å². The van der Waals surface area contributed by atoms with Gasteiger partial charge >= 0.3 is 0 Å². The fourth-order valence-electron chi connectivity index (χ4n) is 2.19. The minimum Gasteiger partial charge on any atom is -0.390 e. The van der Waals surface area contributed by atoms with Crippen LogP contribution in [0.25, 0.3) is 0 Å². The molecule has 3 nitrogen and oxygen atoms in total. The van der Waals surface area contributed by atoms with E-state index in [1.807, 2.05) is 19.3 Å². The first-order chi connectivity index (χ1) is 8.94. The van der Waals surface area contributed by atoms with Crippen molar-refractivity contribution < 1.29 is 9.50 Å². The Bertz CT molecular complexity index is 549. The van der Waals surface area contributed by atoms with Gasteiger partial charge in [0.05, 0.1) is 11.8 Å². The van der Waals surface area contributed by atoms with Gasteiger partial charge in [0.25, 0.3) is 0 Å². The Labute approximate surface area is 112 Å². The van der Waals surface area contributed by atoms with E-state index in [9.17, 15) is 9.50 Å². The van der Waals surface area contributed by atoms with Crippen LogP contribution >= 0.6 is 0 Å². The first-order valence-electron chi connectivity index (χ1n) is 6.39. The van der Waals surface area contributed by atoms with Crippen LogP contribution in [-0.2, 0) is 19.9 Å². The normalized spacial score (nSPS) is 14.3. The van der Waals surface area contributed by atoms with Crippen molar-refractivity contribution in [2.45, 2.75) is 31.8 Å². The number of halogens is 1. The molecule has 0 saturated carbocycles. The fourth-order valence-corrected chi connectivity index (χ4v) is 2.19. The van der Waals surface area contributed by atoms with Gasteiger partial charge in [0.15, 0.2) is 0 Å². The molecule has 0 amide bonds. The lowest BCUT2D eigenvalue weighted by molar-refractivity contribution is 0.0515. The molecule has 0 saturated heterocycles. The van der Waals surface area contributed by atoms with E-state index < -0.39 is 5.60 Å². The van der Waals surface area contributed by atoms with Crippen molar-refractivity contribution in [1.82, 2.24) is 9.78 Å². The number of aromatic nitrogens is 2. The predicted octanol–water partition coefficient (Wildman–Crippen LogP) is 2.49. The molecule has 2 aromatic rings. The van der Waals surface area contributed by atoms with Crippen molar-refractivity contribution in [2.24, 2.45) is 7.05 Å². The quantitative estimate of drug-likeness (QED) is 0.899. The largest absolute Gasteiger partial charge is 0.390 e. The van der Waals surface area contributed by atoms with Crippen molar-refractivity contribution in [3.63, 3.8) is 0 Å². The third-order valence-electron chi connectivity index (χ3n) is 3.18. The summed E-state index contributed by atoms with van der Waals surface area (Å²) in [5, 5.41) is 14.5. The molecule has 1 N–H and O–H groups in total. The van der Waals surface area contributed by atoms with Gasteiger partial charge in [-0.15, -0.1) is 0 Å². The predicted molar refractivity (Wildman–Crippen MR) is 72.3 cm³/mol. The van der Waals surface area contributed by atoms with E-state index in [0.29, 0.717) is 12.8 Å². The smallest absolute Gasteiger partial charge is 0.123 e. The average Bonchev–Trinajstić information content (AvgIpc) is 2.72. The molecule has 102 valence electrons. The minimum atomic E-state index is -0.844. The molecule has 0 spiro atoms. The molecule has 1 aromatic heterocycles. The molecule has 1 aromatic carbocycles. The topological polar surface area (TPSA) is 38.0 Å². The summed E-state index contributed by atoms with van der Waals surface area (Å²) in [6.07, 6.45) is 5.58. The van der Waals surface area contributed by atoms with Crippen LogP contribution in [0.4, 0.5) is 4.39 Å². The lowest BCUT2D eigenvalue weighted by atomic mass is 9.91. The van der Waals surface area contributed by atoms with Crippen LogP contribution in [0.15, 0.2) is 36.7 Å². The maximum atomic E-state index is 13.1. The van der Waals surface area contributed by atoms with Gasteiger partial charge in [0, 0.05) is 19.7 Å². The van der Waals surface area contributed by atoms with Gasteiger partial charge in [0.1, 0.15) is 5.82 Å². The fraction of sp³-hybridized carbons (Fsp3) is 0.400. The molecule has 0 aliphatic rings. The SMILES string of the molecule is Cn1cc(CCC(C)(O)Cc2cccc(F)c2)cn1. The average molecular weight is 262 g/mol. The molecule has 0 fully saturated rings. The highest BCUT2D eigenvalue weighted by Gasteiger charge is 2.21. The molecule has 1 heterocycles. The standard InChI is InChI=1S/C15H19FN2O/c1-15(19,7-6-13-10-17-18(2)11-13)9-12-4-3-5-14(16)8-12/h3-5,8,10-11,19H,6-7,9H2,1-2H3. The van der Waals surface area contributed by atoms with Crippen molar-refractivity contribution >= 4 is 0 Å². The molecule has 0 radical (unpaired) electrons. The Kier molecular flexibility index (Phi) is 4.00. The molecule has 2 rings (SSSR count). The number of nitrogens with zero attached hydrogens (tertiary/aromatic N) is 2. The highest BCUT2D eigenvalue weighted by molar-refractivity contribution is 5.18. The van der Waals surface area contributed by atoms with Crippen LogP contribution < -0.4 is 0 Å². The third kappa shape index (κ3) is 4.17. The monoisotopic (exact) mass is 262 g/mol. The molecule has 0 aliphatic carbocycles. The molecule has 1 atom stereocenters. The van der Waals surface area contributed by atoms with Crippen LogP contribution in [0.3, 0.4) is 0 Å². The molecule has 0 bridgehead atoms. The second-order valence-electron chi connectivity index (χ2n) is 5.33. The van der Waals surface area contributed by atoms with Gasteiger partial charge < -0.3 is 5.11 Å². The van der Waals surface area contributed by atoms with Crippen LogP contribution in [0.5, 0.6) is 0 Å². The Morgan fingerprint density at radius 1 is 1.37 bits per heavy atom. The molecular formula is C15H19FN2O. The zero-order chi connectivity index (χ0) is 13.9. The van der Waals surface area contributed by atoms with Crippen LogP contribution in [0.1, 0.15) is 24.5 Å². The van der Waals surface area contributed by atoms with Gasteiger partial charge in [0.2, 0.25) is 0 Å². The Hall–Kier alpha value is -1.68. The highest BCUT2D eigenvalue weighted by atomic mass is 19.1. The zero-order valence-electron chi connectivity index (χ0n) is 11.3. The Morgan fingerprint density at radius 2 is 2.16 bits per heavy atom. The van der Waals surface area contributed by atoms with E-state index in [-0.39, 0.29) is 5.82 Å². The second kappa shape index (κ2) is 5.53. The zero-order valence-corrected chi connectivity index (χ0v) is 11.3. The highest BCUT2D eigenvalue weighted by Crippen LogP contribution is 2.20. The summed E-state index contributed by atoms with van der Waals surface area (Å²) in [7, 11) is 1.87. The summed E-state index contributed by atoms with van der Waals surface area (Å²) in [6, 6.07) is 6.38. The third-order valence-corrected chi connectivity index (χ3v) is 3.18. The van der Waals surface area contributed by atoms with Gasteiger partial charge in [-0.25, -0.2) is 4.39 Å². The van der Waals surface area contributed by atoms with E-state index in [4.69, 9.17) is 0 Å². The van der Waals surface area contributed by atoms with E-state index in [0.717, 1.165) is 17.5 Å². The van der Waals surface area contributed by atoms with Gasteiger partial charge in [-0.05, 0) is 43.0 Å². The van der Waals surface area contributed by atoms with Crippen molar-refractivity contribution in [3.05, 3.63) is 53.6 Å². The lowest BCUT2D eigenvalue weighted by Crippen LogP contribution is -2.27. The number of benzene rings is 1. The van der Waals surface area contributed by atoms with Gasteiger partial charge in [-0.1, -0.05) is 12.1 Å². The summed E-state index contributed by atoms with van der Waals surface area (Å²) >= 11 is 0. The number of aryl methyl sites for hydroxylation is 2. The maximum absolute atomic E-state index is 13.1. The Morgan fingerprint density at radius 3 is 2.79 bits per heavy atom. The Balaban J connectivity index is 1.94. The first-order valence-corrected chi connectivity index (χ1v) is 6.39. The number of hydrogen-bond acceptors (Lipinski definition) is 2. The van der Waals surface area contributed by atoms with Gasteiger partial charge in [-0.3, -0.25) is 4.68 Å². The van der Waals surface area contributed by atoms with Crippen molar-refractivity contribution in [2.75, 3.05) is 0 Å². The molecular weight excluding hydrogens is 243 g/mol. The number of rotatable bonds is 5. The summed E-state index contributed by atoms with van der Waals surface area (Å²) in [5.41, 5.74) is 1.07. The molecule has 19 heavy (non-hydrogen) atoms. The molecule has 4 heteroatoms. The molecule has 1 unspecified atom stereocenters. The van der Waals surface area contributed by atoms with Crippen LogP contribution in [0.2, 0.25) is 0 Å². The van der Waals surface area contributed by atoms with Crippen molar-refractivity contribution in [1.29, 1.82) is 0 Å². The van der Waals surface area contributed by atoms with Gasteiger partial charge in [-0.2, -0.15) is 5.10 Å². The number of aliphatic hydroxyl groups is 1.